The van der Waals surface area contributed by atoms with Gasteiger partial charge in [0.2, 0.25) is 5.91 Å². The molecule has 132 valence electrons. The summed E-state index contributed by atoms with van der Waals surface area (Å²) < 4.78 is 0. The third kappa shape index (κ3) is 4.83. The van der Waals surface area contributed by atoms with Crippen molar-refractivity contribution in [3.8, 4) is 0 Å². The quantitative estimate of drug-likeness (QED) is 0.843. The van der Waals surface area contributed by atoms with Gasteiger partial charge in [0.15, 0.2) is 0 Å². The van der Waals surface area contributed by atoms with Gasteiger partial charge in [-0.25, -0.2) is 0 Å². The Kier molecular flexibility index (Phi) is 6.11. The van der Waals surface area contributed by atoms with Crippen LogP contribution in [0.3, 0.4) is 0 Å². The van der Waals surface area contributed by atoms with Crippen LogP contribution in [0.5, 0.6) is 0 Å². The van der Waals surface area contributed by atoms with Crippen molar-refractivity contribution in [3.05, 3.63) is 70.2 Å². The van der Waals surface area contributed by atoms with Gasteiger partial charge in [0.1, 0.15) is 0 Å². The predicted molar refractivity (Wildman–Crippen MR) is 103 cm³/mol. The van der Waals surface area contributed by atoms with Crippen LogP contribution in [0.25, 0.3) is 0 Å². The van der Waals surface area contributed by atoms with E-state index in [0.29, 0.717) is 19.1 Å². The zero-order valence-electron chi connectivity index (χ0n) is 14.7. The first kappa shape index (κ1) is 18.0. The number of carbonyl (C=O) groups excluding carboxylic acids is 1. The van der Waals surface area contributed by atoms with Crippen molar-refractivity contribution in [2.45, 2.75) is 32.2 Å². The predicted octanol–water partition coefficient (Wildman–Crippen LogP) is 4.14. The molecule has 1 atom stereocenters. The molecule has 2 aromatic rings. The van der Waals surface area contributed by atoms with Crippen LogP contribution in [-0.2, 0) is 11.2 Å². The van der Waals surface area contributed by atoms with Crippen molar-refractivity contribution in [1.29, 1.82) is 0 Å². The van der Waals surface area contributed by atoms with E-state index in [0.717, 1.165) is 30.8 Å². The Hall–Kier alpha value is -1.84. The van der Waals surface area contributed by atoms with Crippen molar-refractivity contribution in [3.63, 3.8) is 0 Å². The molecule has 1 N–H and O–H groups in total. The Bertz CT molecular complexity index is 731. The Labute approximate surface area is 155 Å². The second-order valence-electron chi connectivity index (χ2n) is 6.71. The standard InChI is InChI=1S/C21H25ClN2O/c1-16-6-2-3-7-17(16)11-12-23-21(25)15-24-13-5-10-20(24)18-8-4-9-19(22)14-18/h2-4,6-9,14,20H,5,10-13,15H2,1H3,(H,23,25). The van der Waals surface area contributed by atoms with E-state index in [9.17, 15) is 4.79 Å². The van der Waals surface area contributed by atoms with Crippen molar-refractivity contribution in [1.82, 2.24) is 10.2 Å². The maximum atomic E-state index is 12.3. The number of hydrogen-bond acceptors (Lipinski definition) is 2. The number of nitrogens with zero attached hydrogens (tertiary/aromatic N) is 1. The highest BCUT2D eigenvalue weighted by Crippen LogP contribution is 2.32. The van der Waals surface area contributed by atoms with Crippen molar-refractivity contribution >= 4 is 17.5 Å². The zero-order valence-corrected chi connectivity index (χ0v) is 15.4. The van der Waals surface area contributed by atoms with Crippen LogP contribution in [0.2, 0.25) is 5.02 Å². The minimum Gasteiger partial charge on any atom is -0.355 e. The lowest BCUT2D eigenvalue weighted by Crippen LogP contribution is -2.37. The summed E-state index contributed by atoms with van der Waals surface area (Å²) in [6.07, 6.45) is 3.07. The highest BCUT2D eigenvalue weighted by atomic mass is 35.5. The monoisotopic (exact) mass is 356 g/mol. The van der Waals surface area contributed by atoms with E-state index in [-0.39, 0.29) is 5.91 Å². The summed E-state index contributed by atoms with van der Waals surface area (Å²) in [5.74, 6) is 0.0995. The molecule has 1 heterocycles. The molecule has 1 aliphatic heterocycles. The van der Waals surface area contributed by atoms with Crippen LogP contribution in [0.15, 0.2) is 48.5 Å². The summed E-state index contributed by atoms with van der Waals surface area (Å²) in [6, 6.07) is 16.6. The molecule has 1 saturated heterocycles. The van der Waals surface area contributed by atoms with E-state index in [2.05, 4.69) is 35.3 Å². The molecule has 25 heavy (non-hydrogen) atoms. The number of likely N-dealkylation sites (tertiary alicyclic amines) is 1. The number of aryl methyl sites for hydroxylation is 1. The number of amides is 1. The highest BCUT2D eigenvalue weighted by molar-refractivity contribution is 6.30. The first-order chi connectivity index (χ1) is 12.1. The minimum absolute atomic E-state index is 0.0995. The van der Waals surface area contributed by atoms with E-state index >= 15 is 0 Å². The van der Waals surface area contributed by atoms with E-state index < -0.39 is 0 Å². The van der Waals surface area contributed by atoms with Gasteiger partial charge < -0.3 is 5.32 Å². The third-order valence-electron chi connectivity index (χ3n) is 4.92. The fourth-order valence-electron chi connectivity index (χ4n) is 3.57. The lowest BCUT2D eigenvalue weighted by Gasteiger charge is -2.24. The molecule has 0 aliphatic carbocycles. The Balaban J connectivity index is 1.51. The van der Waals surface area contributed by atoms with E-state index in [1.807, 2.05) is 30.3 Å². The van der Waals surface area contributed by atoms with Gasteiger partial charge in [0.05, 0.1) is 6.54 Å². The third-order valence-corrected chi connectivity index (χ3v) is 5.16. The van der Waals surface area contributed by atoms with Gasteiger partial charge in [-0.15, -0.1) is 0 Å². The highest BCUT2D eigenvalue weighted by Gasteiger charge is 2.27. The van der Waals surface area contributed by atoms with Gasteiger partial charge in [0.25, 0.3) is 0 Å². The number of rotatable bonds is 6. The van der Waals surface area contributed by atoms with Crippen molar-refractivity contribution < 1.29 is 4.79 Å². The fraction of sp³-hybridized carbons (Fsp3) is 0.381. The number of halogens is 1. The molecule has 0 spiro atoms. The topological polar surface area (TPSA) is 32.3 Å². The first-order valence-electron chi connectivity index (χ1n) is 8.94. The van der Waals surface area contributed by atoms with Crippen LogP contribution >= 0.6 is 11.6 Å². The van der Waals surface area contributed by atoms with Crippen LogP contribution < -0.4 is 5.32 Å². The molecule has 1 amide bonds. The number of carbonyl (C=O) groups is 1. The molecule has 2 aromatic carbocycles. The van der Waals surface area contributed by atoms with Gasteiger partial charge in [0, 0.05) is 17.6 Å². The molecule has 3 nitrogen and oxygen atoms in total. The molecular weight excluding hydrogens is 332 g/mol. The van der Waals surface area contributed by atoms with Crippen molar-refractivity contribution in [2.24, 2.45) is 0 Å². The van der Waals surface area contributed by atoms with Gasteiger partial charge in [-0.3, -0.25) is 9.69 Å². The zero-order chi connectivity index (χ0) is 17.6. The normalized spacial score (nSPS) is 17.6. The molecule has 0 aromatic heterocycles. The second-order valence-corrected chi connectivity index (χ2v) is 7.15. The Morgan fingerprint density at radius 2 is 2.08 bits per heavy atom. The van der Waals surface area contributed by atoms with E-state index in [1.54, 1.807) is 0 Å². The van der Waals surface area contributed by atoms with Crippen molar-refractivity contribution in [2.75, 3.05) is 19.6 Å². The van der Waals surface area contributed by atoms with Crippen LogP contribution in [0.1, 0.15) is 35.6 Å². The molecule has 4 heteroatoms. The Morgan fingerprint density at radius 3 is 2.88 bits per heavy atom. The van der Waals surface area contributed by atoms with Gasteiger partial charge in [-0.1, -0.05) is 48.0 Å². The number of nitrogens with one attached hydrogen (secondary N) is 1. The largest absolute Gasteiger partial charge is 0.355 e. The second kappa shape index (κ2) is 8.50. The molecule has 1 unspecified atom stereocenters. The van der Waals surface area contributed by atoms with Gasteiger partial charge >= 0.3 is 0 Å². The molecule has 1 fully saturated rings. The maximum absolute atomic E-state index is 12.3. The summed E-state index contributed by atoms with van der Waals surface area (Å²) in [7, 11) is 0. The van der Waals surface area contributed by atoms with Crippen LogP contribution in [0, 0.1) is 6.92 Å². The first-order valence-corrected chi connectivity index (χ1v) is 9.32. The summed E-state index contributed by atoms with van der Waals surface area (Å²) in [6.45, 7) is 4.20. The van der Waals surface area contributed by atoms with Gasteiger partial charge in [-0.05, 0) is 61.6 Å². The summed E-state index contributed by atoms with van der Waals surface area (Å²) in [5, 5.41) is 3.82. The molecule has 0 saturated carbocycles. The number of benzene rings is 2. The minimum atomic E-state index is 0.0995. The average molecular weight is 357 g/mol. The Morgan fingerprint density at radius 1 is 1.24 bits per heavy atom. The summed E-state index contributed by atoms with van der Waals surface area (Å²) >= 11 is 6.12. The van der Waals surface area contributed by atoms with E-state index in [4.69, 9.17) is 11.6 Å². The van der Waals surface area contributed by atoms with Crippen LogP contribution in [-0.4, -0.2) is 30.4 Å². The maximum Gasteiger partial charge on any atom is 0.234 e. The molecule has 1 aliphatic rings. The lowest BCUT2D eigenvalue weighted by molar-refractivity contribution is -0.122. The summed E-state index contributed by atoms with van der Waals surface area (Å²) in [4.78, 5) is 14.6. The lowest BCUT2D eigenvalue weighted by atomic mass is 10.0. The number of hydrogen-bond donors (Lipinski definition) is 1. The molecule has 0 bridgehead atoms. The SMILES string of the molecule is Cc1ccccc1CCNC(=O)CN1CCCC1c1cccc(Cl)c1. The summed E-state index contributed by atoms with van der Waals surface area (Å²) in [5.41, 5.74) is 3.77. The van der Waals surface area contributed by atoms with Crippen LogP contribution in [0.4, 0.5) is 0 Å². The van der Waals surface area contributed by atoms with Gasteiger partial charge in [-0.2, -0.15) is 0 Å². The average Bonchev–Trinajstić information content (AvgIpc) is 3.04. The molecular formula is C21H25ClN2O. The smallest absolute Gasteiger partial charge is 0.234 e. The molecule has 3 rings (SSSR count). The fourth-order valence-corrected chi connectivity index (χ4v) is 3.77. The van der Waals surface area contributed by atoms with E-state index in [1.165, 1.54) is 16.7 Å². The molecule has 0 radical (unpaired) electrons.